The van der Waals surface area contributed by atoms with Crippen molar-refractivity contribution < 1.29 is 19.9 Å². The molecule has 0 radical (unpaired) electrons. The molecule has 0 aliphatic heterocycles. The van der Waals surface area contributed by atoms with E-state index in [2.05, 4.69) is 21.5 Å². The van der Waals surface area contributed by atoms with Gasteiger partial charge in [0, 0.05) is 23.0 Å². The van der Waals surface area contributed by atoms with Crippen molar-refractivity contribution in [2.24, 2.45) is 5.16 Å². The normalized spacial score (nSPS) is 11.3. The third-order valence-electron chi connectivity index (χ3n) is 6.46. The fraction of sp³-hybridized carbons (Fsp3) is 0.161. The first kappa shape index (κ1) is 26.3. The fourth-order valence-corrected chi connectivity index (χ4v) is 4.41. The summed E-state index contributed by atoms with van der Waals surface area (Å²) in [4.78, 5) is 26.9. The topological polar surface area (TPSA) is 112 Å². The van der Waals surface area contributed by atoms with Crippen LogP contribution in [-0.4, -0.2) is 39.4 Å². The number of rotatable bonds is 9. The SMILES string of the molecule is Cc1cc(-c2cccc(/C(CCc3ccc(-c4ccc(C(=O)NCC(=O)O)cc4)cc3)=N/O)c2C)ccn1. The van der Waals surface area contributed by atoms with Crippen LogP contribution < -0.4 is 5.32 Å². The molecule has 0 saturated heterocycles. The molecule has 0 saturated carbocycles. The highest BCUT2D eigenvalue weighted by Gasteiger charge is 2.13. The highest BCUT2D eigenvalue weighted by Crippen LogP contribution is 2.27. The van der Waals surface area contributed by atoms with Gasteiger partial charge in [-0.1, -0.05) is 59.8 Å². The number of amides is 1. The van der Waals surface area contributed by atoms with Crippen molar-refractivity contribution in [3.63, 3.8) is 0 Å². The molecule has 0 fully saturated rings. The maximum absolute atomic E-state index is 12.0. The molecular weight excluding hydrogens is 478 g/mol. The Morgan fingerprint density at radius 1 is 0.895 bits per heavy atom. The van der Waals surface area contributed by atoms with Gasteiger partial charge in [-0.3, -0.25) is 14.6 Å². The Bertz CT molecular complexity index is 1480. The standard InChI is InChI=1S/C31H29N3O4/c1-20-18-26(16-17-32-20)27-4-3-5-28(21(27)2)29(34-38)15-8-22-6-9-23(10-7-22)24-11-13-25(14-12-24)31(37)33-19-30(35)36/h3-7,9-14,16-18,38H,8,15,19H2,1-2H3,(H,33,37)(H,35,36)/b34-29+. The van der Waals surface area contributed by atoms with Crippen LogP contribution in [0.15, 0.2) is 90.2 Å². The second-order valence-corrected chi connectivity index (χ2v) is 9.06. The van der Waals surface area contributed by atoms with E-state index in [4.69, 9.17) is 5.11 Å². The van der Waals surface area contributed by atoms with Gasteiger partial charge in [0.2, 0.25) is 0 Å². The number of carbonyl (C=O) groups is 2. The average molecular weight is 508 g/mol. The molecule has 0 aliphatic carbocycles. The molecule has 1 heterocycles. The van der Waals surface area contributed by atoms with Gasteiger partial charge in [-0.25, -0.2) is 0 Å². The van der Waals surface area contributed by atoms with Crippen molar-refractivity contribution in [3.05, 3.63) is 113 Å². The van der Waals surface area contributed by atoms with Crippen molar-refractivity contribution in [1.29, 1.82) is 0 Å². The zero-order chi connectivity index (χ0) is 27.1. The molecule has 1 aromatic heterocycles. The van der Waals surface area contributed by atoms with Crippen molar-refractivity contribution in [3.8, 4) is 22.3 Å². The highest BCUT2D eigenvalue weighted by molar-refractivity contribution is 6.03. The Morgan fingerprint density at radius 2 is 1.58 bits per heavy atom. The van der Waals surface area contributed by atoms with E-state index in [0.717, 1.165) is 44.6 Å². The maximum atomic E-state index is 12.0. The van der Waals surface area contributed by atoms with Gasteiger partial charge in [0.25, 0.3) is 5.91 Å². The number of benzene rings is 3. The minimum absolute atomic E-state index is 0.404. The molecular formula is C31H29N3O4. The number of carbonyl (C=O) groups excluding carboxylic acids is 1. The van der Waals surface area contributed by atoms with Crippen LogP contribution >= 0.6 is 0 Å². The molecule has 0 unspecified atom stereocenters. The van der Waals surface area contributed by atoms with Crippen LogP contribution in [0.1, 0.15) is 39.2 Å². The lowest BCUT2D eigenvalue weighted by molar-refractivity contribution is -0.135. The third-order valence-corrected chi connectivity index (χ3v) is 6.46. The van der Waals surface area contributed by atoms with E-state index >= 15 is 0 Å². The zero-order valence-corrected chi connectivity index (χ0v) is 21.3. The summed E-state index contributed by atoms with van der Waals surface area (Å²) in [7, 11) is 0. The van der Waals surface area contributed by atoms with Gasteiger partial charge >= 0.3 is 5.97 Å². The van der Waals surface area contributed by atoms with Crippen molar-refractivity contribution in [1.82, 2.24) is 10.3 Å². The number of aromatic nitrogens is 1. The minimum Gasteiger partial charge on any atom is -0.480 e. The van der Waals surface area contributed by atoms with Crippen LogP contribution in [0.2, 0.25) is 0 Å². The Labute approximate surface area is 221 Å². The number of hydrogen-bond acceptors (Lipinski definition) is 5. The fourth-order valence-electron chi connectivity index (χ4n) is 4.41. The quantitative estimate of drug-likeness (QED) is 0.154. The highest BCUT2D eigenvalue weighted by atomic mass is 16.4. The van der Waals surface area contributed by atoms with Gasteiger partial charge in [-0.2, -0.15) is 0 Å². The number of nitrogens with one attached hydrogen (secondary N) is 1. The van der Waals surface area contributed by atoms with Crippen molar-refractivity contribution in [2.75, 3.05) is 6.54 Å². The van der Waals surface area contributed by atoms with E-state index in [1.807, 2.05) is 74.5 Å². The summed E-state index contributed by atoms with van der Waals surface area (Å²) in [5.74, 6) is -1.51. The Morgan fingerprint density at radius 3 is 2.21 bits per heavy atom. The molecule has 0 atom stereocenters. The lowest BCUT2D eigenvalue weighted by Gasteiger charge is -2.13. The third kappa shape index (κ3) is 6.31. The summed E-state index contributed by atoms with van der Waals surface area (Å²) in [6, 6.07) is 25.2. The Balaban J connectivity index is 1.43. The van der Waals surface area contributed by atoms with Crippen LogP contribution in [0, 0.1) is 13.8 Å². The number of nitrogens with zero attached hydrogens (tertiary/aromatic N) is 2. The molecule has 0 spiro atoms. The van der Waals surface area contributed by atoms with Crippen LogP contribution in [-0.2, 0) is 11.2 Å². The van der Waals surface area contributed by atoms with E-state index in [1.54, 1.807) is 18.3 Å². The molecule has 3 aromatic carbocycles. The Hall–Kier alpha value is -4.78. The molecule has 4 rings (SSSR count). The molecule has 38 heavy (non-hydrogen) atoms. The predicted molar refractivity (Wildman–Crippen MR) is 148 cm³/mol. The van der Waals surface area contributed by atoms with Crippen LogP contribution in [0.25, 0.3) is 22.3 Å². The lowest BCUT2D eigenvalue weighted by atomic mass is 9.92. The van der Waals surface area contributed by atoms with Crippen LogP contribution in [0.5, 0.6) is 0 Å². The summed E-state index contributed by atoms with van der Waals surface area (Å²) in [6.45, 7) is 3.59. The number of aliphatic carboxylic acids is 1. The van der Waals surface area contributed by atoms with Crippen molar-refractivity contribution >= 4 is 17.6 Å². The largest absolute Gasteiger partial charge is 0.480 e. The molecule has 3 N–H and O–H groups in total. The number of carboxylic acid groups (broad SMARTS) is 1. The Kier molecular flexibility index (Phi) is 8.28. The van der Waals surface area contributed by atoms with Gasteiger partial charge < -0.3 is 15.6 Å². The van der Waals surface area contributed by atoms with Gasteiger partial charge in [0.15, 0.2) is 0 Å². The zero-order valence-electron chi connectivity index (χ0n) is 21.3. The molecule has 7 heteroatoms. The molecule has 0 aliphatic rings. The average Bonchev–Trinajstić information content (AvgIpc) is 2.93. The monoisotopic (exact) mass is 507 g/mol. The first-order valence-electron chi connectivity index (χ1n) is 12.3. The summed E-state index contributed by atoms with van der Waals surface area (Å²) < 4.78 is 0. The van der Waals surface area contributed by atoms with E-state index < -0.39 is 18.4 Å². The smallest absolute Gasteiger partial charge is 0.322 e. The first-order valence-corrected chi connectivity index (χ1v) is 12.3. The van der Waals surface area contributed by atoms with Gasteiger partial charge in [-0.05, 0) is 84.3 Å². The lowest BCUT2D eigenvalue weighted by Crippen LogP contribution is -2.29. The number of carboxylic acids is 1. The predicted octanol–water partition coefficient (Wildman–Crippen LogP) is 5.66. The second kappa shape index (κ2) is 12.0. The van der Waals surface area contributed by atoms with E-state index in [9.17, 15) is 14.8 Å². The maximum Gasteiger partial charge on any atom is 0.322 e. The van der Waals surface area contributed by atoms with Gasteiger partial charge in [0.1, 0.15) is 6.54 Å². The van der Waals surface area contributed by atoms with Crippen molar-refractivity contribution in [2.45, 2.75) is 26.7 Å². The van der Waals surface area contributed by atoms with E-state index in [-0.39, 0.29) is 0 Å². The number of aryl methyl sites for hydroxylation is 2. The number of pyridine rings is 1. The summed E-state index contributed by atoms with van der Waals surface area (Å²) >= 11 is 0. The van der Waals surface area contributed by atoms with E-state index in [1.165, 1.54) is 0 Å². The van der Waals surface area contributed by atoms with E-state index in [0.29, 0.717) is 24.1 Å². The minimum atomic E-state index is -1.09. The number of oxime groups is 1. The molecule has 0 bridgehead atoms. The number of hydrogen-bond donors (Lipinski definition) is 3. The molecule has 4 aromatic rings. The molecule has 192 valence electrons. The van der Waals surface area contributed by atoms with Gasteiger partial charge in [-0.15, -0.1) is 0 Å². The first-order chi connectivity index (χ1) is 18.4. The second-order valence-electron chi connectivity index (χ2n) is 9.06. The molecule has 1 amide bonds. The van der Waals surface area contributed by atoms with Gasteiger partial charge in [0.05, 0.1) is 5.71 Å². The summed E-state index contributed by atoms with van der Waals surface area (Å²) in [5.41, 5.74) is 9.19. The van der Waals surface area contributed by atoms with Crippen LogP contribution in [0.3, 0.4) is 0 Å². The van der Waals surface area contributed by atoms with Crippen LogP contribution in [0.4, 0.5) is 0 Å². The summed E-state index contributed by atoms with van der Waals surface area (Å²) in [5, 5.41) is 24.5. The summed E-state index contributed by atoms with van der Waals surface area (Å²) in [6.07, 6.45) is 3.09. The molecule has 7 nitrogen and oxygen atoms in total.